The second kappa shape index (κ2) is 9.69. The van der Waals surface area contributed by atoms with Crippen LogP contribution in [0.4, 0.5) is 5.69 Å². The molecule has 0 atom stereocenters. The Morgan fingerprint density at radius 2 is 1.78 bits per heavy atom. The number of fused-ring (bicyclic) bond motifs is 1. The maximum atomic E-state index is 5.04. The fourth-order valence-corrected chi connectivity index (χ4v) is 6.13. The molecule has 0 aliphatic carbocycles. The van der Waals surface area contributed by atoms with Crippen molar-refractivity contribution in [3.63, 3.8) is 0 Å². The molecule has 0 saturated carbocycles. The van der Waals surface area contributed by atoms with E-state index in [1.165, 1.54) is 30.5 Å². The van der Waals surface area contributed by atoms with E-state index in [-0.39, 0.29) is 0 Å². The Hall–Kier alpha value is -3.19. The minimum Gasteiger partial charge on any atom is -0.370 e. The third kappa shape index (κ3) is 4.30. The van der Waals surface area contributed by atoms with E-state index in [1.807, 2.05) is 12.4 Å². The summed E-state index contributed by atoms with van der Waals surface area (Å²) in [5.74, 6) is 0. The zero-order valence-corrected chi connectivity index (χ0v) is 21.8. The van der Waals surface area contributed by atoms with Gasteiger partial charge >= 0.3 is 0 Å². The number of aryl methyl sites for hydroxylation is 2. The zero-order valence-electron chi connectivity index (χ0n) is 21.8. The SMILES string of the molecule is CCN1CCC(n2cc(-c3c[nH]c4ncc(-c5cc(C)c(N6CCCCC6)c(C)n5)cc34)cn2)CC1. The molecule has 2 aliphatic rings. The topological polar surface area (TPSA) is 65.9 Å². The molecular weight excluding hydrogens is 446 g/mol. The summed E-state index contributed by atoms with van der Waals surface area (Å²) < 4.78 is 2.17. The molecule has 0 bridgehead atoms. The normalized spacial score (nSPS) is 17.8. The molecule has 2 fully saturated rings. The summed E-state index contributed by atoms with van der Waals surface area (Å²) in [4.78, 5) is 18.2. The van der Waals surface area contributed by atoms with Crippen molar-refractivity contribution in [2.24, 2.45) is 0 Å². The number of hydrogen-bond acceptors (Lipinski definition) is 5. The number of piperidine rings is 2. The Morgan fingerprint density at radius 3 is 2.53 bits per heavy atom. The van der Waals surface area contributed by atoms with Gasteiger partial charge in [0.1, 0.15) is 5.65 Å². The second-order valence-corrected chi connectivity index (χ2v) is 10.5. The molecule has 0 radical (unpaired) electrons. The quantitative estimate of drug-likeness (QED) is 0.391. The lowest BCUT2D eigenvalue weighted by molar-refractivity contribution is 0.187. The van der Waals surface area contributed by atoms with Gasteiger partial charge in [0.15, 0.2) is 0 Å². The van der Waals surface area contributed by atoms with Crippen molar-refractivity contribution < 1.29 is 0 Å². The molecule has 0 amide bonds. The number of aromatic nitrogens is 5. The Labute approximate surface area is 213 Å². The second-order valence-electron chi connectivity index (χ2n) is 10.5. The van der Waals surface area contributed by atoms with Gasteiger partial charge in [-0.1, -0.05) is 6.92 Å². The number of hydrogen-bond donors (Lipinski definition) is 1. The van der Waals surface area contributed by atoms with Crippen LogP contribution >= 0.6 is 0 Å². The van der Waals surface area contributed by atoms with Crippen LogP contribution in [0.15, 0.2) is 36.9 Å². The summed E-state index contributed by atoms with van der Waals surface area (Å²) in [5.41, 5.74) is 8.95. The number of nitrogens with zero attached hydrogens (tertiary/aromatic N) is 6. The number of rotatable bonds is 5. The van der Waals surface area contributed by atoms with Crippen molar-refractivity contribution >= 4 is 16.7 Å². The largest absolute Gasteiger partial charge is 0.370 e. The number of nitrogens with one attached hydrogen (secondary N) is 1. The van der Waals surface area contributed by atoms with Crippen molar-refractivity contribution in [1.29, 1.82) is 0 Å². The molecule has 4 aromatic rings. The zero-order chi connectivity index (χ0) is 24.6. The first-order chi connectivity index (χ1) is 17.6. The Kier molecular flexibility index (Phi) is 6.25. The van der Waals surface area contributed by atoms with E-state index in [1.54, 1.807) is 0 Å². The highest BCUT2D eigenvalue weighted by molar-refractivity contribution is 5.95. The average molecular weight is 484 g/mol. The molecule has 1 N–H and O–H groups in total. The van der Waals surface area contributed by atoms with Crippen LogP contribution in [-0.4, -0.2) is 62.4 Å². The lowest BCUT2D eigenvalue weighted by atomic mass is 10.0. The molecule has 7 nitrogen and oxygen atoms in total. The van der Waals surface area contributed by atoms with E-state index in [9.17, 15) is 0 Å². The van der Waals surface area contributed by atoms with Gasteiger partial charge < -0.3 is 14.8 Å². The molecule has 4 aromatic heterocycles. The van der Waals surface area contributed by atoms with E-state index in [0.29, 0.717) is 6.04 Å². The van der Waals surface area contributed by atoms with Gasteiger partial charge in [0.25, 0.3) is 0 Å². The third-order valence-corrected chi connectivity index (χ3v) is 8.15. The van der Waals surface area contributed by atoms with Crippen LogP contribution in [0.1, 0.15) is 56.3 Å². The minimum atomic E-state index is 0.481. The van der Waals surface area contributed by atoms with E-state index in [0.717, 1.165) is 84.7 Å². The Morgan fingerprint density at radius 1 is 0.972 bits per heavy atom. The van der Waals surface area contributed by atoms with Gasteiger partial charge in [0, 0.05) is 66.8 Å². The number of anilines is 1. The van der Waals surface area contributed by atoms with E-state index < -0.39 is 0 Å². The summed E-state index contributed by atoms with van der Waals surface area (Å²) >= 11 is 0. The van der Waals surface area contributed by atoms with Crippen molar-refractivity contribution in [2.45, 2.75) is 58.9 Å². The maximum Gasteiger partial charge on any atom is 0.137 e. The van der Waals surface area contributed by atoms with Crippen molar-refractivity contribution in [1.82, 2.24) is 29.6 Å². The number of aromatic amines is 1. The summed E-state index contributed by atoms with van der Waals surface area (Å²) in [6.45, 7) is 12.3. The molecule has 6 rings (SSSR count). The maximum absolute atomic E-state index is 5.04. The molecule has 0 spiro atoms. The van der Waals surface area contributed by atoms with Gasteiger partial charge in [-0.05, 0) is 70.2 Å². The van der Waals surface area contributed by atoms with Gasteiger partial charge in [-0.2, -0.15) is 5.10 Å². The predicted octanol–water partition coefficient (Wildman–Crippen LogP) is 5.75. The van der Waals surface area contributed by atoms with Gasteiger partial charge in [-0.25, -0.2) is 4.98 Å². The lowest BCUT2D eigenvalue weighted by Crippen LogP contribution is -2.34. The first-order valence-corrected chi connectivity index (χ1v) is 13.6. The van der Waals surface area contributed by atoms with Gasteiger partial charge in [0.2, 0.25) is 0 Å². The van der Waals surface area contributed by atoms with Crippen LogP contribution in [0.5, 0.6) is 0 Å². The molecule has 0 unspecified atom stereocenters. The third-order valence-electron chi connectivity index (χ3n) is 8.15. The molecular formula is C29H37N7. The number of likely N-dealkylation sites (tertiary alicyclic amines) is 1. The average Bonchev–Trinajstić information content (AvgIpc) is 3.56. The van der Waals surface area contributed by atoms with Crippen molar-refractivity contribution in [2.75, 3.05) is 37.6 Å². The Balaban J connectivity index is 1.30. The molecule has 188 valence electrons. The predicted molar refractivity (Wildman–Crippen MR) is 146 cm³/mol. The molecule has 2 aliphatic heterocycles. The van der Waals surface area contributed by atoms with E-state index >= 15 is 0 Å². The number of pyridine rings is 2. The molecule has 36 heavy (non-hydrogen) atoms. The van der Waals surface area contributed by atoms with Gasteiger partial charge in [-0.15, -0.1) is 0 Å². The minimum absolute atomic E-state index is 0.481. The first kappa shape index (κ1) is 23.2. The highest BCUT2D eigenvalue weighted by Crippen LogP contribution is 2.34. The van der Waals surface area contributed by atoms with Crippen LogP contribution < -0.4 is 4.90 Å². The highest BCUT2D eigenvalue weighted by atomic mass is 15.3. The van der Waals surface area contributed by atoms with Gasteiger partial charge in [-0.3, -0.25) is 9.67 Å². The lowest BCUT2D eigenvalue weighted by Gasteiger charge is -2.31. The Bertz CT molecular complexity index is 1330. The molecule has 6 heterocycles. The first-order valence-electron chi connectivity index (χ1n) is 13.6. The number of H-pyrrole nitrogens is 1. The van der Waals surface area contributed by atoms with Crippen LogP contribution in [0.25, 0.3) is 33.4 Å². The van der Waals surface area contributed by atoms with Crippen LogP contribution in [0.2, 0.25) is 0 Å². The molecule has 7 heteroatoms. The standard InChI is InChI=1S/C29H37N7/c1-4-34-12-8-24(9-13-34)36-19-23(17-32-36)26-18-31-29-25(26)15-22(16-30-29)27-14-20(2)28(21(3)33-27)35-10-6-5-7-11-35/h14-19,24H,4-13H2,1-3H3,(H,30,31). The van der Waals surface area contributed by atoms with Crippen LogP contribution in [0, 0.1) is 13.8 Å². The van der Waals surface area contributed by atoms with Gasteiger partial charge in [0.05, 0.1) is 29.3 Å². The van der Waals surface area contributed by atoms with Crippen LogP contribution in [-0.2, 0) is 0 Å². The summed E-state index contributed by atoms with van der Waals surface area (Å²) in [6.07, 6.45) is 14.4. The van der Waals surface area contributed by atoms with Crippen molar-refractivity contribution in [3.8, 4) is 22.4 Å². The smallest absolute Gasteiger partial charge is 0.137 e. The summed E-state index contributed by atoms with van der Waals surface area (Å²) in [7, 11) is 0. The summed E-state index contributed by atoms with van der Waals surface area (Å²) in [5, 5.41) is 5.87. The fraction of sp³-hybridized carbons (Fsp3) is 0.483. The molecule has 2 saturated heterocycles. The molecule has 0 aromatic carbocycles. The monoisotopic (exact) mass is 483 g/mol. The summed E-state index contributed by atoms with van der Waals surface area (Å²) in [6, 6.07) is 4.94. The fourth-order valence-electron chi connectivity index (χ4n) is 6.13. The van der Waals surface area contributed by atoms with Crippen LogP contribution in [0.3, 0.4) is 0 Å². The van der Waals surface area contributed by atoms with Crippen molar-refractivity contribution in [3.05, 3.63) is 48.2 Å². The highest BCUT2D eigenvalue weighted by Gasteiger charge is 2.21. The van der Waals surface area contributed by atoms with E-state index in [2.05, 4.69) is 64.8 Å². The van der Waals surface area contributed by atoms with E-state index in [4.69, 9.17) is 15.1 Å².